The summed E-state index contributed by atoms with van der Waals surface area (Å²) in [4.78, 5) is 12.9. The van der Waals surface area contributed by atoms with Crippen molar-refractivity contribution in [3.05, 3.63) is 22.4 Å². The molecule has 2 nitrogen and oxygen atoms in total. The van der Waals surface area contributed by atoms with Gasteiger partial charge in [0.05, 0.1) is 12.0 Å². The molecule has 1 saturated carbocycles. The summed E-state index contributed by atoms with van der Waals surface area (Å²) in [7, 11) is 0. The molecule has 0 spiro atoms. The van der Waals surface area contributed by atoms with Gasteiger partial charge in [0, 0.05) is 10.8 Å². The largest absolute Gasteiger partial charge is 0.392 e. The van der Waals surface area contributed by atoms with Gasteiger partial charge in [-0.1, -0.05) is 18.9 Å². The molecular formula is C14H14F3NOS. The fourth-order valence-corrected chi connectivity index (χ4v) is 3.58. The summed E-state index contributed by atoms with van der Waals surface area (Å²) in [6.07, 6.45) is -3.04. The highest BCUT2D eigenvalue weighted by Gasteiger charge is 2.49. The van der Waals surface area contributed by atoms with Crippen molar-refractivity contribution in [3.8, 4) is 6.07 Å². The lowest BCUT2D eigenvalue weighted by Gasteiger charge is -2.32. The van der Waals surface area contributed by atoms with Gasteiger partial charge in [-0.25, -0.2) is 0 Å². The number of nitriles is 1. The minimum absolute atomic E-state index is 0.0114. The fourth-order valence-electron chi connectivity index (χ4n) is 2.80. The maximum absolute atomic E-state index is 13.0. The maximum Gasteiger partial charge on any atom is 0.392 e. The molecule has 20 heavy (non-hydrogen) atoms. The minimum atomic E-state index is -4.36. The van der Waals surface area contributed by atoms with Crippen molar-refractivity contribution < 1.29 is 18.0 Å². The molecule has 1 heterocycles. The maximum atomic E-state index is 13.0. The van der Waals surface area contributed by atoms with Crippen molar-refractivity contribution in [2.75, 3.05) is 0 Å². The Morgan fingerprint density at radius 1 is 1.40 bits per heavy atom. The van der Waals surface area contributed by atoms with Crippen LogP contribution in [0.5, 0.6) is 0 Å². The number of carbonyl (C=O) groups is 1. The van der Waals surface area contributed by atoms with Gasteiger partial charge in [0.25, 0.3) is 0 Å². The number of nitrogens with zero attached hydrogens (tertiary/aromatic N) is 1. The van der Waals surface area contributed by atoms with E-state index in [0.717, 1.165) is 0 Å². The Kier molecular flexibility index (Phi) is 4.48. The van der Waals surface area contributed by atoms with Gasteiger partial charge in [0.1, 0.15) is 5.92 Å². The molecule has 3 unspecified atom stereocenters. The van der Waals surface area contributed by atoms with Crippen LogP contribution >= 0.6 is 11.3 Å². The van der Waals surface area contributed by atoms with E-state index in [-0.39, 0.29) is 12.8 Å². The first-order valence-corrected chi connectivity index (χ1v) is 7.36. The lowest BCUT2D eigenvalue weighted by molar-refractivity contribution is -0.197. The van der Waals surface area contributed by atoms with E-state index in [9.17, 15) is 18.0 Å². The molecule has 1 aliphatic carbocycles. The van der Waals surface area contributed by atoms with Crippen LogP contribution in [-0.4, -0.2) is 12.0 Å². The molecule has 1 aromatic rings. The number of Topliss-reactive ketones (excluding diaryl/α,β-unsaturated/α-hetero) is 1. The molecule has 1 fully saturated rings. The molecule has 0 aliphatic heterocycles. The summed E-state index contributed by atoms with van der Waals surface area (Å²) in [6, 6.07) is 5.19. The number of rotatable bonds is 3. The first-order chi connectivity index (χ1) is 9.45. The van der Waals surface area contributed by atoms with Crippen LogP contribution in [0.4, 0.5) is 13.2 Å². The van der Waals surface area contributed by atoms with Crippen LogP contribution in [0.3, 0.4) is 0 Å². The van der Waals surface area contributed by atoms with Crippen molar-refractivity contribution in [1.29, 1.82) is 5.26 Å². The summed E-state index contributed by atoms with van der Waals surface area (Å²) in [5, 5.41) is 10.9. The SMILES string of the molecule is N#CC(C(=O)C1CCCCC1C(F)(F)F)c1cccs1. The van der Waals surface area contributed by atoms with E-state index in [1.165, 1.54) is 11.3 Å². The lowest BCUT2D eigenvalue weighted by atomic mass is 9.73. The molecule has 1 aromatic heterocycles. The van der Waals surface area contributed by atoms with E-state index < -0.39 is 29.7 Å². The zero-order chi connectivity index (χ0) is 14.8. The third-order valence-corrected chi connectivity index (χ3v) is 4.73. The van der Waals surface area contributed by atoms with Crippen LogP contribution in [0.25, 0.3) is 0 Å². The Balaban J connectivity index is 2.24. The zero-order valence-corrected chi connectivity index (χ0v) is 11.5. The molecule has 6 heteroatoms. The zero-order valence-electron chi connectivity index (χ0n) is 10.7. The Hall–Kier alpha value is -1.35. The van der Waals surface area contributed by atoms with E-state index in [0.29, 0.717) is 17.7 Å². The van der Waals surface area contributed by atoms with Gasteiger partial charge in [-0.2, -0.15) is 18.4 Å². The van der Waals surface area contributed by atoms with Gasteiger partial charge >= 0.3 is 6.18 Å². The molecule has 0 N–H and O–H groups in total. The first-order valence-electron chi connectivity index (χ1n) is 6.48. The smallest absolute Gasteiger partial charge is 0.297 e. The van der Waals surface area contributed by atoms with Gasteiger partial charge < -0.3 is 0 Å². The molecule has 2 rings (SSSR count). The number of hydrogen-bond acceptors (Lipinski definition) is 3. The van der Waals surface area contributed by atoms with Gasteiger partial charge in [-0.15, -0.1) is 11.3 Å². The van der Waals surface area contributed by atoms with Gasteiger partial charge in [-0.05, 0) is 24.3 Å². The van der Waals surface area contributed by atoms with Crippen molar-refractivity contribution in [3.63, 3.8) is 0 Å². The predicted octanol–water partition coefficient (Wildman–Crippen LogP) is 4.29. The van der Waals surface area contributed by atoms with Gasteiger partial charge in [0.2, 0.25) is 0 Å². The normalized spacial score (nSPS) is 24.9. The van der Waals surface area contributed by atoms with Crippen molar-refractivity contribution in [2.24, 2.45) is 11.8 Å². The molecule has 3 atom stereocenters. The van der Waals surface area contributed by atoms with Gasteiger partial charge in [0.15, 0.2) is 5.78 Å². The van der Waals surface area contributed by atoms with E-state index in [4.69, 9.17) is 5.26 Å². The Morgan fingerprint density at radius 2 is 2.10 bits per heavy atom. The third-order valence-electron chi connectivity index (χ3n) is 3.79. The van der Waals surface area contributed by atoms with E-state index in [1.54, 1.807) is 17.5 Å². The predicted molar refractivity (Wildman–Crippen MR) is 69.2 cm³/mol. The van der Waals surface area contributed by atoms with E-state index in [2.05, 4.69) is 0 Å². The number of alkyl halides is 3. The van der Waals surface area contributed by atoms with Gasteiger partial charge in [-0.3, -0.25) is 4.79 Å². The topological polar surface area (TPSA) is 40.9 Å². The first kappa shape index (κ1) is 15.0. The standard InChI is InChI=1S/C14H14F3NOS/c15-14(16,17)11-5-2-1-4-9(11)13(19)10(8-18)12-6-3-7-20-12/h3,6-7,9-11H,1-2,4-5H2. The van der Waals surface area contributed by atoms with Crippen molar-refractivity contribution >= 4 is 17.1 Å². The van der Waals surface area contributed by atoms with Crippen LogP contribution in [0.1, 0.15) is 36.5 Å². The highest BCUT2D eigenvalue weighted by atomic mass is 32.1. The molecular weight excluding hydrogens is 287 g/mol. The number of carbonyl (C=O) groups excluding carboxylic acids is 1. The monoisotopic (exact) mass is 301 g/mol. The molecule has 108 valence electrons. The second kappa shape index (κ2) is 5.96. The number of halogens is 3. The number of hydrogen-bond donors (Lipinski definition) is 0. The van der Waals surface area contributed by atoms with Crippen LogP contribution in [0, 0.1) is 23.2 Å². The summed E-state index contributed by atoms with van der Waals surface area (Å²) in [5.74, 6) is -4.31. The minimum Gasteiger partial charge on any atom is -0.297 e. The molecule has 0 amide bonds. The summed E-state index contributed by atoms with van der Waals surface area (Å²) < 4.78 is 39.1. The second-order valence-electron chi connectivity index (χ2n) is 5.02. The van der Waals surface area contributed by atoms with Crippen LogP contribution in [-0.2, 0) is 4.79 Å². The van der Waals surface area contributed by atoms with E-state index in [1.807, 2.05) is 6.07 Å². The molecule has 0 aromatic carbocycles. The Bertz CT molecular complexity index is 503. The number of ketones is 1. The quantitative estimate of drug-likeness (QED) is 0.835. The average molecular weight is 301 g/mol. The molecule has 0 saturated heterocycles. The van der Waals surface area contributed by atoms with Crippen LogP contribution in [0.15, 0.2) is 17.5 Å². The highest BCUT2D eigenvalue weighted by molar-refractivity contribution is 7.10. The molecule has 1 aliphatic rings. The Morgan fingerprint density at radius 3 is 2.65 bits per heavy atom. The summed E-state index contributed by atoms with van der Waals surface area (Å²) in [6.45, 7) is 0. The fraction of sp³-hybridized carbons (Fsp3) is 0.571. The Labute approximate surface area is 119 Å². The third kappa shape index (κ3) is 3.04. The van der Waals surface area contributed by atoms with Crippen LogP contribution < -0.4 is 0 Å². The van der Waals surface area contributed by atoms with Crippen molar-refractivity contribution in [1.82, 2.24) is 0 Å². The van der Waals surface area contributed by atoms with E-state index >= 15 is 0 Å². The summed E-state index contributed by atoms with van der Waals surface area (Å²) >= 11 is 1.23. The molecule has 0 radical (unpaired) electrons. The summed E-state index contributed by atoms with van der Waals surface area (Å²) in [5.41, 5.74) is 0. The average Bonchev–Trinajstić information content (AvgIpc) is 2.92. The second-order valence-corrected chi connectivity index (χ2v) is 6.00. The number of thiophene rings is 1. The van der Waals surface area contributed by atoms with Crippen molar-refractivity contribution in [2.45, 2.75) is 37.8 Å². The van der Waals surface area contributed by atoms with Crippen LogP contribution in [0.2, 0.25) is 0 Å². The highest BCUT2D eigenvalue weighted by Crippen LogP contribution is 2.43. The lowest BCUT2D eigenvalue weighted by Crippen LogP contribution is -2.38. The molecule has 0 bridgehead atoms.